The van der Waals surface area contributed by atoms with E-state index in [-0.39, 0.29) is 24.1 Å². The van der Waals surface area contributed by atoms with Crippen molar-refractivity contribution in [3.63, 3.8) is 0 Å². The summed E-state index contributed by atoms with van der Waals surface area (Å²) in [6.07, 6.45) is 5.47. The van der Waals surface area contributed by atoms with Crippen molar-refractivity contribution in [2.75, 3.05) is 7.11 Å². The molecule has 0 radical (unpaired) electrons. The number of fused-ring (bicyclic) bond motifs is 1. The van der Waals surface area contributed by atoms with Crippen LogP contribution in [-0.4, -0.2) is 47.9 Å². The van der Waals surface area contributed by atoms with Gasteiger partial charge in [-0.1, -0.05) is 12.1 Å². The van der Waals surface area contributed by atoms with Crippen molar-refractivity contribution >= 4 is 17.7 Å². The van der Waals surface area contributed by atoms with Gasteiger partial charge in [-0.05, 0) is 49.3 Å². The topological polar surface area (TPSA) is 87.7 Å². The predicted octanol–water partition coefficient (Wildman–Crippen LogP) is 1.49. The second-order valence-electron chi connectivity index (χ2n) is 7.98. The van der Waals surface area contributed by atoms with Gasteiger partial charge in [-0.25, -0.2) is 0 Å². The highest BCUT2D eigenvalue weighted by Crippen LogP contribution is 2.28. The molecule has 2 heterocycles. The minimum absolute atomic E-state index is 0.123. The molecule has 7 nitrogen and oxygen atoms in total. The zero-order valence-electron chi connectivity index (χ0n) is 16.2. The van der Waals surface area contributed by atoms with Gasteiger partial charge in [-0.15, -0.1) is 0 Å². The van der Waals surface area contributed by atoms with Gasteiger partial charge in [0.05, 0.1) is 6.10 Å². The van der Waals surface area contributed by atoms with E-state index in [9.17, 15) is 14.4 Å². The number of ether oxygens (including phenoxy) is 1. The first kappa shape index (κ1) is 19.1. The molecule has 0 aromatic heterocycles. The van der Waals surface area contributed by atoms with Crippen LogP contribution in [-0.2, 0) is 27.4 Å². The lowest BCUT2D eigenvalue weighted by Gasteiger charge is -2.29. The Morgan fingerprint density at radius 2 is 1.93 bits per heavy atom. The minimum atomic E-state index is -0.560. The molecule has 0 bridgehead atoms. The molecule has 1 saturated heterocycles. The number of imide groups is 1. The van der Waals surface area contributed by atoms with Crippen LogP contribution in [0.5, 0.6) is 0 Å². The normalized spacial score (nSPS) is 27.7. The van der Waals surface area contributed by atoms with Crippen molar-refractivity contribution in [3.05, 3.63) is 34.9 Å². The third kappa shape index (κ3) is 3.82. The Morgan fingerprint density at radius 1 is 1.14 bits per heavy atom. The Bertz CT molecular complexity index is 786. The van der Waals surface area contributed by atoms with Crippen LogP contribution in [0.2, 0.25) is 0 Å². The summed E-state index contributed by atoms with van der Waals surface area (Å²) < 4.78 is 5.42. The molecule has 4 rings (SSSR count). The Kier molecular flexibility index (Phi) is 5.46. The van der Waals surface area contributed by atoms with Crippen LogP contribution in [0.25, 0.3) is 0 Å². The minimum Gasteiger partial charge on any atom is -0.381 e. The number of piperidine rings is 1. The third-order valence-electron chi connectivity index (χ3n) is 6.19. The molecule has 1 aromatic carbocycles. The molecule has 1 aliphatic carbocycles. The van der Waals surface area contributed by atoms with E-state index < -0.39 is 6.04 Å². The molecule has 3 amide bonds. The molecule has 150 valence electrons. The highest BCUT2D eigenvalue weighted by molar-refractivity contribution is 6.05. The second-order valence-corrected chi connectivity index (χ2v) is 7.98. The summed E-state index contributed by atoms with van der Waals surface area (Å²) in [4.78, 5) is 37.8. The van der Waals surface area contributed by atoms with Crippen LogP contribution in [0.15, 0.2) is 18.2 Å². The number of nitrogens with zero attached hydrogens (tertiary/aromatic N) is 1. The summed E-state index contributed by atoms with van der Waals surface area (Å²) >= 11 is 0. The molecule has 1 atom stereocenters. The zero-order chi connectivity index (χ0) is 19.7. The molecule has 2 N–H and O–H groups in total. The first-order chi connectivity index (χ1) is 13.5. The van der Waals surface area contributed by atoms with Crippen LogP contribution in [0, 0.1) is 0 Å². The second kappa shape index (κ2) is 8.01. The maximum atomic E-state index is 12.7. The van der Waals surface area contributed by atoms with Gasteiger partial charge in [0.25, 0.3) is 5.91 Å². The Hall–Kier alpha value is -2.25. The quantitative estimate of drug-likeness (QED) is 0.750. The van der Waals surface area contributed by atoms with E-state index in [1.165, 1.54) is 0 Å². The zero-order valence-corrected chi connectivity index (χ0v) is 16.2. The largest absolute Gasteiger partial charge is 0.381 e. The number of carbonyl (C=O) groups excluding carboxylic acids is 3. The Morgan fingerprint density at radius 3 is 2.64 bits per heavy atom. The summed E-state index contributed by atoms with van der Waals surface area (Å²) in [5, 5.41) is 5.95. The van der Waals surface area contributed by atoms with Crippen molar-refractivity contribution < 1.29 is 19.1 Å². The molecule has 1 saturated carbocycles. The number of hydrogen-bond acceptors (Lipinski definition) is 5. The van der Waals surface area contributed by atoms with Gasteiger partial charge in [-0.2, -0.15) is 0 Å². The van der Waals surface area contributed by atoms with Crippen molar-refractivity contribution in [2.45, 2.75) is 69.8 Å². The van der Waals surface area contributed by atoms with Crippen LogP contribution in [0.1, 0.15) is 60.0 Å². The highest BCUT2D eigenvalue weighted by Gasteiger charge is 2.39. The number of rotatable bonds is 5. The predicted molar refractivity (Wildman–Crippen MR) is 102 cm³/mol. The summed E-state index contributed by atoms with van der Waals surface area (Å²) in [6.45, 7) is 1.19. The lowest BCUT2D eigenvalue weighted by atomic mass is 9.93. The fraction of sp³-hybridized carbons (Fsp3) is 0.571. The number of nitrogens with one attached hydrogen (secondary N) is 2. The highest BCUT2D eigenvalue weighted by atomic mass is 16.5. The van der Waals surface area contributed by atoms with Gasteiger partial charge in [-0.3, -0.25) is 19.7 Å². The van der Waals surface area contributed by atoms with Crippen molar-refractivity contribution in [1.29, 1.82) is 0 Å². The smallest absolute Gasteiger partial charge is 0.255 e. The molecule has 2 aliphatic heterocycles. The molecular formula is C21H27N3O4. The molecule has 2 fully saturated rings. The average molecular weight is 385 g/mol. The van der Waals surface area contributed by atoms with Gasteiger partial charge in [0.1, 0.15) is 6.04 Å². The van der Waals surface area contributed by atoms with Crippen molar-refractivity contribution in [3.8, 4) is 0 Å². The fourth-order valence-electron chi connectivity index (χ4n) is 4.50. The number of methoxy groups -OCH3 is 1. The van der Waals surface area contributed by atoms with Gasteiger partial charge in [0.2, 0.25) is 11.8 Å². The average Bonchev–Trinajstić information content (AvgIpc) is 3.02. The number of carbonyl (C=O) groups is 3. The van der Waals surface area contributed by atoms with E-state index in [0.29, 0.717) is 30.7 Å². The standard InChI is InChI=1S/C21H27N3O4/c1-28-16-5-3-15(4-6-16)22-11-13-2-7-17-14(10-13)12-24(21(17)27)18-8-9-19(25)23-20(18)26/h2,7,10,15-16,18,22H,3-6,8-9,11-12H2,1H3,(H,23,25,26). The summed E-state index contributed by atoms with van der Waals surface area (Å²) in [5.41, 5.74) is 2.76. The molecule has 7 heteroatoms. The van der Waals surface area contributed by atoms with Gasteiger partial charge in [0.15, 0.2) is 0 Å². The third-order valence-corrected chi connectivity index (χ3v) is 6.19. The van der Waals surface area contributed by atoms with E-state index in [0.717, 1.165) is 43.4 Å². The molecule has 1 unspecified atom stereocenters. The molecular weight excluding hydrogens is 358 g/mol. The van der Waals surface area contributed by atoms with Gasteiger partial charge in [0, 0.05) is 38.2 Å². The van der Waals surface area contributed by atoms with Crippen LogP contribution < -0.4 is 10.6 Å². The van der Waals surface area contributed by atoms with Crippen LogP contribution >= 0.6 is 0 Å². The first-order valence-corrected chi connectivity index (χ1v) is 10.1. The fourth-order valence-corrected chi connectivity index (χ4v) is 4.50. The lowest BCUT2D eigenvalue weighted by molar-refractivity contribution is -0.136. The molecule has 3 aliphatic rings. The maximum Gasteiger partial charge on any atom is 0.255 e. The summed E-state index contributed by atoms with van der Waals surface area (Å²) in [5.74, 6) is -0.758. The van der Waals surface area contributed by atoms with Crippen molar-refractivity contribution in [1.82, 2.24) is 15.5 Å². The molecule has 1 aromatic rings. The monoisotopic (exact) mass is 385 g/mol. The first-order valence-electron chi connectivity index (χ1n) is 10.1. The molecule has 28 heavy (non-hydrogen) atoms. The lowest BCUT2D eigenvalue weighted by Crippen LogP contribution is -2.52. The number of hydrogen-bond donors (Lipinski definition) is 2. The number of benzene rings is 1. The van der Waals surface area contributed by atoms with E-state index in [2.05, 4.69) is 16.7 Å². The van der Waals surface area contributed by atoms with Crippen LogP contribution in [0.4, 0.5) is 0 Å². The Labute approximate surface area is 164 Å². The van der Waals surface area contributed by atoms with Gasteiger partial charge < -0.3 is 15.0 Å². The van der Waals surface area contributed by atoms with E-state index in [4.69, 9.17) is 4.74 Å². The number of amides is 3. The van der Waals surface area contributed by atoms with E-state index in [1.807, 2.05) is 12.1 Å². The van der Waals surface area contributed by atoms with Crippen LogP contribution in [0.3, 0.4) is 0 Å². The Balaban J connectivity index is 1.37. The van der Waals surface area contributed by atoms with E-state index >= 15 is 0 Å². The SMILES string of the molecule is COC1CCC(NCc2ccc3c(c2)CN(C2CCC(=O)NC2=O)C3=O)CC1. The summed E-state index contributed by atoms with van der Waals surface area (Å²) in [6, 6.07) is 5.85. The molecule has 0 spiro atoms. The summed E-state index contributed by atoms with van der Waals surface area (Å²) in [7, 11) is 1.78. The van der Waals surface area contributed by atoms with Gasteiger partial charge >= 0.3 is 0 Å². The maximum absolute atomic E-state index is 12.7. The van der Waals surface area contributed by atoms with E-state index in [1.54, 1.807) is 12.0 Å². The van der Waals surface area contributed by atoms with Crippen molar-refractivity contribution in [2.24, 2.45) is 0 Å².